The van der Waals surface area contributed by atoms with Crippen LogP contribution in [0.15, 0.2) is 36.4 Å². The van der Waals surface area contributed by atoms with Crippen molar-refractivity contribution in [2.24, 2.45) is 5.92 Å². The number of aliphatic carboxylic acids is 1. The highest BCUT2D eigenvalue weighted by atomic mass is 32.2. The van der Waals surface area contributed by atoms with Gasteiger partial charge in [-0.1, -0.05) is 38.1 Å². The second-order valence-electron chi connectivity index (χ2n) is 6.34. The minimum atomic E-state index is -3.48. The zero-order valence-electron chi connectivity index (χ0n) is 14.6. The van der Waals surface area contributed by atoms with Crippen molar-refractivity contribution >= 4 is 38.2 Å². The Hall–Kier alpha value is -2.61. The molecule has 0 radical (unpaired) electrons. The number of carboxylic acids is 1. The van der Waals surface area contributed by atoms with Crippen LogP contribution in [0.2, 0.25) is 0 Å². The number of carbonyl (C=O) groups excluding carboxylic acids is 1. The third-order valence-electron chi connectivity index (χ3n) is 3.45. The zero-order valence-corrected chi connectivity index (χ0v) is 15.4. The summed E-state index contributed by atoms with van der Waals surface area (Å²) in [7, 11) is -3.48. The van der Waals surface area contributed by atoms with Gasteiger partial charge in [0.2, 0.25) is 5.91 Å². The molecule has 0 bridgehead atoms. The van der Waals surface area contributed by atoms with E-state index in [1.165, 1.54) is 0 Å². The van der Waals surface area contributed by atoms with Crippen LogP contribution in [0.1, 0.15) is 13.8 Å². The Morgan fingerprint density at radius 1 is 1.12 bits per heavy atom. The molecule has 0 unspecified atom stereocenters. The van der Waals surface area contributed by atoms with Crippen LogP contribution in [0.4, 0.5) is 5.69 Å². The molecule has 0 fully saturated rings. The van der Waals surface area contributed by atoms with Crippen LogP contribution in [-0.2, 0) is 19.4 Å². The van der Waals surface area contributed by atoms with E-state index < -0.39 is 34.1 Å². The molecular formula is C18H21NO6S. The molecule has 2 aromatic carbocycles. The van der Waals surface area contributed by atoms with Crippen LogP contribution in [0, 0.1) is 5.92 Å². The summed E-state index contributed by atoms with van der Waals surface area (Å²) < 4.78 is 29.2. The summed E-state index contributed by atoms with van der Waals surface area (Å²) in [5, 5.41) is 12.6. The Labute approximate surface area is 151 Å². The number of carbonyl (C=O) groups is 2. The third kappa shape index (κ3) is 5.45. The van der Waals surface area contributed by atoms with Crippen molar-refractivity contribution in [3.8, 4) is 5.75 Å². The molecule has 140 valence electrons. The number of hydrogen-bond donors (Lipinski definition) is 2. The molecule has 0 spiro atoms. The predicted molar refractivity (Wildman–Crippen MR) is 99.2 cm³/mol. The Morgan fingerprint density at radius 2 is 1.77 bits per heavy atom. The Morgan fingerprint density at radius 3 is 2.38 bits per heavy atom. The van der Waals surface area contributed by atoms with E-state index in [2.05, 4.69) is 5.32 Å². The molecule has 0 saturated heterocycles. The minimum Gasteiger partial charge on any atom is -0.481 e. The number of sulfone groups is 1. The lowest BCUT2D eigenvalue weighted by molar-refractivity contribution is -0.139. The zero-order chi connectivity index (χ0) is 19.3. The molecule has 0 atom stereocenters. The molecule has 1 amide bonds. The van der Waals surface area contributed by atoms with Crippen molar-refractivity contribution in [2.75, 3.05) is 23.4 Å². The Balaban J connectivity index is 2.24. The van der Waals surface area contributed by atoms with Crippen LogP contribution in [0.25, 0.3) is 10.8 Å². The molecule has 2 N–H and O–H groups in total. The van der Waals surface area contributed by atoms with E-state index in [4.69, 9.17) is 9.84 Å². The van der Waals surface area contributed by atoms with Gasteiger partial charge < -0.3 is 15.2 Å². The Kier molecular flexibility index (Phi) is 6.20. The van der Waals surface area contributed by atoms with Crippen molar-refractivity contribution in [1.29, 1.82) is 0 Å². The summed E-state index contributed by atoms with van der Waals surface area (Å²) in [6.45, 7) is 3.07. The average molecular weight is 379 g/mol. The van der Waals surface area contributed by atoms with E-state index in [0.29, 0.717) is 22.2 Å². The lowest BCUT2D eigenvalue weighted by Crippen LogP contribution is -2.26. The van der Waals surface area contributed by atoms with E-state index in [1.807, 2.05) is 0 Å². The van der Waals surface area contributed by atoms with Crippen LogP contribution < -0.4 is 10.1 Å². The normalized spacial score (nSPS) is 11.5. The number of fused-ring (bicyclic) bond motifs is 1. The molecule has 0 aliphatic carbocycles. The monoisotopic (exact) mass is 379 g/mol. The largest absolute Gasteiger partial charge is 0.481 e. The van der Waals surface area contributed by atoms with E-state index in [-0.39, 0.29) is 11.7 Å². The lowest BCUT2D eigenvalue weighted by Gasteiger charge is -2.13. The summed E-state index contributed by atoms with van der Waals surface area (Å²) in [6.07, 6.45) is 0. The second-order valence-corrected chi connectivity index (χ2v) is 8.45. The maximum atomic E-state index is 12.2. The molecule has 7 nitrogen and oxygen atoms in total. The van der Waals surface area contributed by atoms with E-state index in [1.54, 1.807) is 50.2 Å². The quantitative estimate of drug-likeness (QED) is 0.728. The molecular weight excluding hydrogens is 358 g/mol. The van der Waals surface area contributed by atoms with Gasteiger partial charge in [-0.3, -0.25) is 4.79 Å². The first-order chi connectivity index (χ1) is 12.2. The molecule has 26 heavy (non-hydrogen) atoms. The van der Waals surface area contributed by atoms with Crippen molar-refractivity contribution < 1.29 is 27.9 Å². The fourth-order valence-electron chi connectivity index (χ4n) is 2.60. The van der Waals surface area contributed by atoms with E-state index in [0.717, 1.165) is 0 Å². The molecule has 2 aromatic rings. The summed E-state index contributed by atoms with van der Waals surface area (Å²) in [6, 6.07) is 10.1. The minimum absolute atomic E-state index is 0.0524. The molecule has 2 rings (SSSR count). The predicted octanol–water partition coefficient (Wildman–Crippen LogP) is 2.31. The molecule has 8 heteroatoms. The van der Waals surface area contributed by atoms with E-state index in [9.17, 15) is 18.0 Å². The summed E-state index contributed by atoms with van der Waals surface area (Å²) in [5.41, 5.74) is 0.438. The van der Waals surface area contributed by atoms with Crippen molar-refractivity contribution in [3.63, 3.8) is 0 Å². The van der Waals surface area contributed by atoms with Crippen LogP contribution >= 0.6 is 0 Å². The number of rotatable bonds is 8. The molecule has 0 aliphatic rings. The van der Waals surface area contributed by atoms with E-state index >= 15 is 0 Å². The van der Waals surface area contributed by atoms with Gasteiger partial charge in [0.05, 0.1) is 5.75 Å². The van der Waals surface area contributed by atoms with Crippen molar-refractivity contribution in [2.45, 2.75) is 13.8 Å². The molecule has 0 heterocycles. The smallest absolute Gasteiger partial charge is 0.341 e. The highest BCUT2D eigenvalue weighted by molar-refractivity contribution is 7.92. The summed E-state index contributed by atoms with van der Waals surface area (Å²) in [5.74, 6) is -2.04. The number of ether oxygens (including phenoxy) is 1. The standard InChI is InChI=1S/C18H21NO6S/c1-12(2)10-26(23,24)11-17(20)19-15-7-8-16(25-9-18(21)22)14-6-4-3-5-13(14)15/h3-8,12H,9-11H2,1-2H3,(H,19,20)(H,21,22). The molecule has 0 saturated carbocycles. The molecule has 0 aliphatic heterocycles. The first kappa shape index (κ1) is 19.7. The van der Waals surface area contributed by atoms with Crippen LogP contribution in [0.3, 0.4) is 0 Å². The van der Waals surface area contributed by atoms with Gasteiger partial charge in [0.1, 0.15) is 11.5 Å². The molecule has 0 aromatic heterocycles. The summed E-state index contributed by atoms with van der Waals surface area (Å²) >= 11 is 0. The van der Waals surface area contributed by atoms with Crippen molar-refractivity contribution in [3.05, 3.63) is 36.4 Å². The number of carboxylic acid groups (broad SMARTS) is 1. The number of hydrogen-bond acceptors (Lipinski definition) is 5. The first-order valence-corrected chi connectivity index (χ1v) is 9.86. The van der Waals surface area contributed by atoms with Gasteiger partial charge in [0, 0.05) is 16.5 Å². The lowest BCUT2D eigenvalue weighted by atomic mass is 10.1. The van der Waals surface area contributed by atoms with Gasteiger partial charge in [0.15, 0.2) is 16.4 Å². The first-order valence-electron chi connectivity index (χ1n) is 8.04. The number of benzene rings is 2. The van der Waals surface area contributed by atoms with Gasteiger partial charge in [-0.2, -0.15) is 0 Å². The van der Waals surface area contributed by atoms with Gasteiger partial charge in [-0.05, 0) is 18.1 Å². The maximum Gasteiger partial charge on any atom is 0.341 e. The third-order valence-corrected chi connectivity index (χ3v) is 5.32. The Bertz CT molecular complexity index is 920. The summed E-state index contributed by atoms with van der Waals surface area (Å²) in [4.78, 5) is 22.8. The maximum absolute atomic E-state index is 12.2. The second kappa shape index (κ2) is 8.18. The average Bonchev–Trinajstić information content (AvgIpc) is 2.52. The highest BCUT2D eigenvalue weighted by Crippen LogP contribution is 2.31. The number of amides is 1. The fourth-order valence-corrected chi connectivity index (χ4v) is 4.20. The highest BCUT2D eigenvalue weighted by Gasteiger charge is 2.19. The van der Waals surface area contributed by atoms with Gasteiger partial charge in [-0.25, -0.2) is 13.2 Å². The van der Waals surface area contributed by atoms with Crippen LogP contribution in [0.5, 0.6) is 5.75 Å². The van der Waals surface area contributed by atoms with Gasteiger partial charge >= 0.3 is 5.97 Å². The number of nitrogens with one attached hydrogen (secondary N) is 1. The topological polar surface area (TPSA) is 110 Å². The van der Waals surface area contributed by atoms with Crippen molar-refractivity contribution in [1.82, 2.24) is 0 Å². The van der Waals surface area contributed by atoms with Gasteiger partial charge in [-0.15, -0.1) is 0 Å². The fraction of sp³-hybridized carbons (Fsp3) is 0.333. The SMILES string of the molecule is CC(C)CS(=O)(=O)CC(=O)Nc1ccc(OCC(=O)O)c2ccccc12. The number of anilines is 1. The van der Waals surface area contributed by atoms with Crippen LogP contribution in [-0.4, -0.2) is 43.5 Å². The van der Waals surface area contributed by atoms with Gasteiger partial charge in [0.25, 0.3) is 0 Å².